The number of hydrogen-bond donors (Lipinski definition) is 3. The molecule has 7 nitrogen and oxygen atoms in total. The number of pyridine rings is 1. The first kappa shape index (κ1) is 26.2. The summed E-state index contributed by atoms with van der Waals surface area (Å²) >= 11 is 0. The van der Waals surface area contributed by atoms with E-state index in [-0.39, 0.29) is 22.9 Å². The molecule has 1 saturated carbocycles. The van der Waals surface area contributed by atoms with E-state index in [9.17, 15) is 28.3 Å². The number of nitrogens with one attached hydrogen (secondary N) is 1. The molecule has 1 heterocycles. The fourth-order valence-corrected chi connectivity index (χ4v) is 4.94. The molecule has 0 unspecified atom stereocenters. The average molecular weight is 510 g/mol. The van der Waals surface area contributed by atoms with Crippen molar-refractivity contribution in [1.82, 2.24) is 9.88 Å². The smallest absolute Gasteiger partial charge is 0.320 e. The predicted molar refractivity (Wildman–Crippen MR) is 136 cm³/mol. The van der Waals surface area contributed by atoms with Crippen molar-refractivity contribution in [2.75, 3.05) is 12.3 Å². The molecule has 1 aromatic heterocycles. The van der Waals surface area contributed by atoms with Crippen molar-refractivity contribution in [3.05, 3.63) is 93.3 Å². The Morgan fingerprint density at radius 1 is 1.00 bits per heavy atom. The van der Waals surface area contributed by atoms with Gasteiger partial charge in [0.05, 0.1) is 16.8 Å². The van der Waals surface area contributed by atoms with Gasteiger partial charge in [0, 0.05) is 12.1 Å². The number of ketones is 1. The van der Waals surface area contributed by atoms with Crippen LogP contribution in [0.4, 0.5) is 14.6 Å². The predicted octanol–water partition coefficient (Wildman–Crippen LogP) is 4.09. The Morgan fingerprint density at radius 3 is 2.32 bits per heavy atom. The Bertz CT molecular complexity index is 1350. The van der Waals surface area contributed by atoms with E-state index >= 15 is 0 Å². The summed E-state index contributed by atoms with van der Waals surface area (Å²) in [5, 5.41) is 12.8. The SMILES string of the molecule is Nc1c(C(=O)c2ccc(F)cc2F)ccc(=O)n1-c1ccc(CCN[C@H](C(=O)O)C2CCCCC2)cc1. The number of carbonyl (C=O) groups is 2. The molecule has 0 saturated heterocycles. The minimum Gasteiger partial charge on any atom is -0.480 e. The van der Waals surface area contributed by atoms with Crippen molar-refractivity contribution >= 4 is 17.6 Å². The monoisotopic (exact) mass is 509 g/mol. The van der Waals surface area contributed by atoms with Gasteiger partial charge in [0.2, 0.25) is 0 Å². The summed E-state index contributed by atoms with van der Waals surface area (Å²) in [4.78, 5) is 37.2. The van der Waals surface area contributed by atoms with E-state index in [2.05, 4.69) is 5.32 Å². The van der Waals surface area contributed by atoms with Gasteiger partial charge in [-0.25, -0.2) is 8.78 Å². The van der Waals surface area contributed by atoms with Gasteiger partial charge >= 0.3 is 5.97 Å². The maximum absolute atomic E-state index is 14.2. The molecule has 1 atom stereocenters. The first-order chi connectivity index (χ1) is 17.8. The van der Waals surface area contributed by atoms with E-state index in [1.54, 1.807) is 24.3 Å². The van der Waals surface area contributed by atoms with E-state index in [0.29, 0.717) is 24.7 Å². The third-order valence-corrected chi connectivity index (χ3v) is 6.91. The maximum Gasteiger partial charge on any atom is 0.320 e. The molecule has 3 aromatic rings. The summed E-state index contributed by atoms with van der Waals surface area (Å²) in [6.45, 7) is 0.488. The van der Waals surface area contributed by atoms with E-state index in [1.807, 2.05) is 0 Å². The normalized spacial score (nSPS) is 14.9. The van der Waals surface area contributed by atoms with Crippen LogP contribution < -0.4 is 16.6 Å². The highest BCUT2D eigenvalue weighted by atomic mass is 19.1. The zero-order chi connectivity index (χ0) is 26.5. The molecule has 1 fully saturated rings. The van der Waals surface area contributed by atoms with Gasteiger partial charge in [0.1, 0.15) is 23.5 Å². The van der Waals surface area contributed by atoms with Crippen molar-refractivity contribution in [1.29, 1.82) is 0 Å². The van der Waals surface area contributed by atoms with E-state index in [1.165, 1.54) is 12.1 Å². The number of nitrogens with zero attached hydrogens (tertiary/aromatic N) is 1. The van der Waals surface area contributed by atoms with Crippen LogP contribution in [0.2, 0.25) is 0 Å². The van der Waals surface area contributed by atoms with E-state index < -0.39 is 35.0 Å². The molecule has 1 aliphatic carbocycles. The molecule has 0 bridgehead atoms. The second-order valence-electron chi connectivity index (χ2n) is 9.34. The van der Waals surface area contributed by atoms with Crippen LogP contribution in [0.3, 0.4) is 0 Å². The van der Waals surface area contributed by atoms with Gasteiger partial charge < -0.3 is 16.2 Å². The van der Waals surface area contributed by atoms with Crippen molar-refractivity contribution in [2.24, 2.45) is 5.92 Å². The van der Waals surface area contributed by atoms with E-state index in [4.69, 9.17) is 5.73 Å². The van der Waals surface area contributed by atoms with Crippen LogP contribution >= 0.6 is 0 Å². The Hall–Kier alpha value is -3.85. The zero-order valence-electron chi connectivity index (χ0n) is 20.3. The minimum atomic E-state index is -1.02. The first-order valence-electron chi connectivity index (χ1n) is 12.3. The molecule has 194 valence electrons. The van der Waals surface area contributed by atoms with Crippen LogP contribution in [0, 0.1) is 17.6 Å². The number of anilines is 1. The minimum absolute atomic E-state index is 0.0826. The van der Waals surface area contributed by atoms with Gasteiger partial charge in [-0.05, 0) is 67.6 Å². The fourth-order valence-electron chi connectivity index (χ4n) is 4.94. The number of benzene rings is 2. The molecular formula is C28H29F2N3O4. The molecule has 9 heteroatoms. The molecule has 0 aliphatic heterocycles. The second kappa shape index (κ2) is 11.5. The lowest BCUT2D eigenvalue weighted by molar-refractivity contribution is -0.141. The van der Waals surface area contributed by atoms with Crippen LogP contribution in [0.25, 0.3) is 5.69 Å². The van der Waals surface area contributed by atoms with Crippen molar-refractivity contribution in [2.45, 2.75) is 44.6 Å². The quantitative estimate of drug-likeness (QED) is 0.375. The van der Waals surface area contributed by atoms with Crippen molar-refractivity contribution in [3.8, 4) is 5.69 Å². The van der Waals surface area contributed by atoms with Crippen molar-refractivity contribution in [3.63, 3.8) is 0 Å². The molecule has 1 aliphatic rings. The van der Waals surface area contributed by atoms with Gasteiger partial charge in [0.15, 0.2) is 5.78 Å². The molecular weight excluding hydrogens is 480 g/mol. The van der Waals surface area contributed by atoms with Gasteiger partial charge in [-0.3, -0.25) is 19.0 Å². The second-order valence-corrected chi connectivity index (χ2v) is 9.34. The highest BCUT2D eigenvalue weighted by Gasteiger charge is 2.28. The standard InChI is InChI=1S/C28H29F2N3O4/c29-19-8-11-21(23(30)16-19)26(35)22-12-13-24(34)33(27(22)31)20-9-6-17(7-10-20)14-15-32-25(28(36)37)18-4-2-1-3-5-18/h6-13,16,18,25,32H,1-5,14-15,31H2,(H,36,37)/t25-/m0/s1. The van der Waals surface area contributed by atoms with Crippen LogP contribution in [0.5, 0.6) is 0 Å². The van der Waals surface area contributed by atoms with Gasteiger partial charge in [-0.1, -0.05) is 31.4 Å². The Labute approximate surface area is 212 Å². The van der Waals surface area contributed by atoms with Gasteiger partial charge in [0.25, 0.3) is 5.56 Å². The molecule has 0 radical (unpaired) electrons. The summed E-state index contributed by atoms with van der Waals surface area (Å²) in [6.07, 6.45) is 5.71. The Balaban J connectivity index is 1.49. The van der Waals surface area contributed by atoms with Crippen LogP contribution in [-0.2, 0) is 11.2 Å². The third kappa shape index (κ3) is 5.94. The highest BCUT2D eigenvalue weighted by molar-refractivity contribution is 6.11. The summed E-state index contributed by atoms with van der Waals surface area (Å²) < 4.78 is 28.6. The molecule has 37 heavy (non-hydrogen) atoms. The lowest BCUT2D eigenvalue weighted by Gasteiger charge is -2.28. The number of aliphatic carboxylic acids is 1. The Morgan fingerprint density at radius 2 is 1.68 bits per heavy atom. The van der Waals surface area contributed by atoms with Crippen LogP contribution in [0.15, 0.2) is 59.4 Å². The molecule has 4 N–H and O–H groups in total. The number of carboxylic acids is 1. The highest BCUT2D eigenvalue weighted by Crippen LogP contribution is 2.27. The number of nitrogens with two attached hydrogens (primary N) is 1. The van der Waals surface area contributed by atoms with Crippen LogP contribution in [0.1, 0.15) is 53.6 Å². The number of rotatable bonds is 9. The fraction of sp³-hybridized carbons (Fsp3) is 0.321. The van der Waals surface area contributed by atoms with E-state index in [0.717, 1.165) is 54.4 Å². The largest absolute Gasteiger partial charge is 0.480 e. The first-order valence-corrected chi connectivity index (χ1v) is 12.3. The average Bonchev–Trinajstić information content (AvgIpc) is 2.87. The number of aromatic nitrogens is 1. The topological polar surface area (TPSA) is 114 Å². The van der Waals surface area contributed by atoms with Crippen LogP contribution in [-0.4, -0.2) is 34.0 Å². The lowest BCUT2D eigenvalue weighted by atomic mass is 9.84. The summed E-state index contributed by atoms with van der Waals surface area (Å²) in [7, 11) is 0. The molecule has 4 rings (SSSR count). The number of halogens is 2. The number of nitrogen functional groups attached to an aromatic ring is 1. The van der Waals surface area contributed by atoms with Gasteiger partial charge in [-0.15, -0.1) is 0 Å². The number of carboxylic acid groups (broad SMARTS) is 1. The zero-order valence-corrected chi connectivity index (χ0v) is 20.3. The summed E-state index contributed by atoms with van der Waals surface area (Å²) in [5.74, 6) is -3.44. The maximum atomic E-state index is 14.2. The van der Waals surface area contributed by atoms with Gasteiger partial charge in [-0.2, -0.15) is 0 Å². The lowest BCUT2D eigenvalue weighted by Crippen LogP contribution is -2.44. The summed E-state index contributed by atoms with van der Waals surface area (Å²) in [6, 6.07) is 11.4. The number of hydrogen-bond acceptors (Lipinski definition) is 5. The Kier molecular flexibility index (Phi) is 8.13. The third-order valence-electron chi connectivity index (χ3n) is 6.91. The molecule has 0 amide bonds. The molecule has 0 spiro atoms. The van der Waals surface area contributed by atoms with Crippen molar-refractivity contribution < 1.29 is 23.5 Å². The molecule has 2 aromatic carbocycles. The summed E-state index contributed by atoms with van der Waals surface area (Å²) in [5.41, 5.74) is 6.60. The number of carbonyl (C=O) groups excluding carboxylic acids is 1.